The van der Waals surface area contributed by atoms with Crippen molar-refractivity contribution in [2.45, 2.75) is 6.92 Å². The Morgan fingerprint density at radius 1 is 1.31 bits per heavy atom. The molecule has 82 valence electrons. The highest BCUT2D eigenvalue weighted by Gasteiger charge is 2.29. The number of halogens is 1. The number of hydrogen-bond acceptors (Lipinski definition) is 3. The quantitative estimate of drug-likeness (QED) is 0.571. The van der Waals surface area contributed by atoms with Crippen LogP contribution in [0.5, 0.6) is 0 Å². The fourth-order valence-electron chi connectivity index (χ4n) is 1.50. The second-order valence-corrected chi connectivity index (χ2v) is 3.51. The van der Waals surface area contributed by atoms with Crippen LogP contribution < -0.4 is 10.6 Å². The number of nitrogens with two attached hydrogens (primary N) is 1. The van der Waals surface area contributed by atoms with Crippen molar-refractivity contribution in [3.05, 3.63) is 35.7 Å². The van der Waals surface area contributed by atoms with Crippen LogP contribution >= 0.6 is 0 Å². The zero-order chi connectivity index (χ0) is 11.9. The Balaban J connectivity index is 2.43. The number of rotatable bonds is 1. The predicted molar refractivity (Wildman–Crippen MR) is 57.1 cm³/mol. The van der Waals surface area contributed by atoms with Crippen molar-refractivity contribution in [1.29, 1.82) is 0 Å². The number of nitrogens with zero attached hydrogens (tertiary/aromatic N) is 1. The first-order chi connectivity index (χ1) is 7.50. The highest BCUT2D eigenvalue weighted by Crippen LogP contribution is 2.25. The van der Waals surface area contributed by atoms with Gasteiger partial charge >= 0.3 is 0 Å². The van der Waals surface area contributed by atoms with E-state index in [-0.39, 0.29) is 11.4 Å². The van der Waals surface area contributed by atoms with Gasteiger partial charge in [-0.2, -0.15) is 0 Å². The standard InChI is InChI=1S/C11H9FN2O2/c1-6-4-10(15)14(11(6)16)7-2-3-8(12)9(13)5-7/h2-5H,13H2,1H3. The summed E-state index contributed by atoms with van der Waals surface area (Å²) in [5, 5.41) is 0. The van der Waals surface area contributed by atoms with Gasteiger partial charge in [-0.3, -0.25) is 9.59 Å². The van der Waals surface area contributed by atoms with Gasteiger partial charge < -0.3 is 5.73 Å². The van der Waals surface area contributed by atoms with Crippen LogP contribution in [0.3, 0.4) is 0 Å². The van der Waals surface area contributed by atoms with Crippen molar-refractivity contribution in [2.24, 2.45) is 0 Å². The molecule has 0 saturated carbocycles. The third-order valence-electron chi connectivity index (χ3n) is 2.34. The van der Waals surface area contributed by atoms with Crippen LogP contribution in [0, 0.1) is 5.82 Å². The van der Waals surface area contributed by atoms with E-state index in [0.717, 1.165) is 11.0 Å². The van der Waals surface area contributed by atoms with Crippen LogP contribution in [0.25, 0.3) is 0 Å². The van der Waals surface area contributed by atoms with E-state index in [2.05, 4.69) is 0 Å². The number of carbonyl (C=O) groups excluding carboxylic acids is 2. The third kappa shape index (κ3) is 1.46. The molecule has 0 aliphatic carbocycles. The topological polar surface area (TPSA) is 63.4 Å². The Labute approximate surface area is 91.1 Å². The molecular formula is C11H9FN2O2. The van der Waals surface area contributed by atoms with Crippen LogP contribution in [-0.4, -0.2) is 11.8 Å². The molecule has 0 bridgehead atoms. The second-order valence-electron chi connectivity index (χ2n) is 3.51. The number of nitrogen functional groups attached to an aromatic ring is 1. The smallest absolute Gasteiger partial charge is 0.261 e. The summed E-state index contributed by atoms with van der Waals surface area (Å²) in [4.78, 5) is 24.1. The van der Waals surface area contributed by atoms with Gasteiger partial charge in [-0.25, -0.2) is 9.29 Å². The maximum atomic E-state index is 12.9. The molecule has 1 aromatic carbocycles. The van der Waals surface area contributed by atoms with Gasteiger partial charge in [0.15, 0.2) is 0 Å². The maximum Gasteiger partial charge on any atom is 0.261 e. The molecule has 0 aromatic heterocycles. The molecule has 4 nitrogen and oxygen atoms in total. The predicted octanol–water partition coefficient (Wildman–Crippen LogP) is 1.23. The summed E-state index contributed by atoms with van der Waals surface area (Å²) >= 11 is 0. The first-order valence-electron chi connectivity index (χ1n) is 4.62. The molecule has 0 unspecified atom stereocenters. The average molecular weight is 220 g/mol. The fourth-order valence-corrected chi connectivity index (χ4v) is 1.50. The Bertz CT molecular complexity index is 523. The van der Waals surface area contributed by atoms with E-state index in [9.17, 15) is 14.0 Å². The first kappa shape index (κ1) is 10.4. The summed E-state index contributed by atoms with van der Waals surface area (Å²) in [5.41, 5.74) is 5.91. The molecule has 1 aliphatic rings. The van der Waals surface area contributed by atoms with E-state index in [1.54, 1.807) is 6.92 Å². The van der Waals surface area contributed by atoms with Gasteiger partial charge in [0, 0.05) is 11.6 Å². The molecule has 0 fully saturated rings. The van der Waals surface area contributed by atoms with Gasteiger partial charge in [-0.1, -0.05) is 0 Å². The number of hydrogen-bond donors (Lipinski definition) is 1. The van der Waals surface area contributed by atoms with Gasteiger partial charge in [0.1, 0.15) is 5.82 Å². The molecule has 16 heavy (non-hydrogen) atoms. The van der Waals surface area contributed by atoms with E-state index >= 15 is 0 Å². The normalized spacial score (nSPS) is 15.6. The summed E-state index contributed by atoms with van der Waals surface area (Å²) in [6.45, 7) is 1.55. The molecule has 5 heteroatoms. The van der Waals surface area contributed by atoms with Gasteiger partial charge in [0.05, 0.1) is 11.4 Å². The lowest BCUT2D eigenvalue weighted by molar-refractivity contribution is -0.120. The first-order valence-corrected chi connectivity index (χ1v) is 4.62. The Morgan fingerprint density at radius 2 is 2.00 bits per heavy atom. The maximum absolute atomic E-state index is 12.9. The minimum atomic E-state index is -0.576. The van der Waals surface area contributed by atoms with Gasteiger partial charge in [-0.05, 0) is 25.1 Å². The summed E-state index contributed by atoms with van der Waals surface area (Å²) in [7, 11) is 0. The average Bonchev–Trinajstić information content (AvgIpc) is 2.47. The number of carbonyl (C=O) groups is 2. The van der Waals surface area contributed by atoms with Crippen molar-refractivity contribution in [1.82, 2.24) is 0 Å². The van der Waals surface area contributed by atoms with Crippen LogP contribution in [0.4, 0.5) is 15.8 Å². The van der Waals surface area contributed by atoms with Crippen molar-refractivity contribution < 1.29 is 14.0 Å². The highest BCUT2D eigenvalue weighted by molar-refractivity contribution is 6.30. The van der Waals surface area contributed by atoms with Crippen molar-refractivity contribution >= 4 is 23.2 Å². The molecule has 1 aliphatic heterocycles. The lowest BCUT2D eigenvalue weighted by Crippen LogP contribution is -2.30. The zero-order valence-electron chi connectivity index (χ0n) is 8.53. The van der Waals surface area contributed by atoms with Crippen molar-refractivity contribution in [2.75, 3.05) is 10.6 Å². The molecule has 0 radical (unpaired) electrons. The monoisotopic (exact) mass is 220 g/mol. The molecule has 0 saturated heterocycles. The second kappa shape index (κ2) is 3.44. The summed E-state index contributed by atoms with van der Waals surface area (Å²) in [5.74, 6) is -1.42. The molecule has 0 spiro atoms. The lowest BCUT2D eigenvalue weighted by atomic mass is 10.2. The van der Waals surface area contributed by atoms with E-state index in [4.69, 9.17) is 5.73 Å². The number of imide groups is 1. The van der Waals surface area contributed by atoms with Crippen molar-refractivity contribution in [3.8, 4) is 0 Å². The third-order valence-corrected chi connectivity index (χ3v) is 2.34. The molecule has 1 heterocycles. The Kier molecular flexibility index (Phi) is 2.23. The number of benzene rings is 1. The number of anilines is 2. The van der Waals surface area contributed by atoms with Crippen LogP contribution in [0.15, 0.2) is 29.8 Å². The van der Waals surface area contributed by atoms with Crippen LogP contribution in [0.1, 0.15) is 6.92 Å². The van der Waals surface area contributed by atoms with E-state index in [0.29, 0.717) is 5.57 Å². The molecule has 2 amide bonds. The highest BCUT2D eigenvalue weighted by atomic mass is 19.1. The fraction of sp³-hybridized carbons (Fsp3) is 0.0909. The zero-order valence-corrected chi connectivity index (χ0v) is 8.53. The van der Waals surface area contributed by atoms with E-state index in [1.807, 2.05) is 0 Å². The summed E-state index contributed by atoms with van der Waals surface area (Å²) in [6, 6.07) is 3.73. The molecule has 2 rings (SSSR count). The van der Waals surface area contributed by atoms with Gasteiger partial charge in [0.2, 0.25) is 0 Å². The van der Waals surface area contributed by atoms with Crippen molar-refractivity contribution in [3.63, 3.8) is 0 Å². The summed E-state index contributed by atoms with van der Waals surface area (Å²) in [6.07, 6.45) is 1.24. The largest absolute Gasteiger partial charge is 0.396 e. The number of amides is 2. The van der Waals surface area contributed by atoms with Gasteiger partial charge in [0.25, 0.3) is 11.8 Å². The minimum Gasteiger partial charge on any atom is -0.396 e. The molecular weight excluding hydrogens is 211 g/mol. The van der Waals surface area contributed by atoms with Crippen LogP contribution in [-0.2, 0) is 9.59 Å². The Morgan fingerprint density at radius 3 is 2.50 bits per heavy atom. The lowest BCUT2D eigenvalue weighted by Gasteiger charge is -2.14. The van der Waals surface area contributed by atoms with E-state index < -0.39 is 17.6 Å². The SMILES string of the molecule is CC1=CC(=O)N(c2ccc(F)c(N)c2)C1=O. The minimum absolute atomic E-state index is 0.0948. The molecule has 1 aromatic rings. The molecule has 0 atom stereocenters. The van der Waals surface area contributed by atoms with Crippen LogP contribution in [0.2, 0.25) is 0 Å². The summed E-state index contributed by atoms with van der Waals surface area (Å²) < 4.78 is 12.9. The molecule has 2 N–H and O–H groups in total. The van der Waals surface area contributed by atoms with Gasteiger partial charge in [-0.15, -0.1) is 0 Å². The Hall–Kier alpha value is -2.17. The van der Waals surface area contributed by atoms with E-state index in [1.165, 1.54) is 18.2 Å².